The van der Waals surface area contributed by atoms with Crippen LogP contribution >= 0.6 is 0 Å². The van der Waals surface area contributed by atoms with E-state index >= 15 is 0 Å². The summed E-state index contributed by atoms with van der Waals surface area (Å²) in [4.78, 5) is 12.5. The van der Waals surface area contributed by atoms with E-state index in [4.69, 9.17) is 0 Å². The number of aliphatic hydroxyl groups is 3. The van der Waals surface area contributed by atoms with E-state index in [2.05, 4.69) is 43.5 Å². The van der Waals surface area contributed by atoms with Crippen LogP contribution in [-0.2, 0) is 4.79 Å². The van der Waals surface area contributed by atoms with Crippen molar-refractivity contribution < 1.29 is 20.1 Å². The molecule has 3 unspecified atom stereocenters. The zero-order valence-corrected chi connectivity index (χ0v) is 41.1. The molecule has 5 nitrogen and oxygen atoms in total. The van der Waals surface area contributed by atoms with Crippen LogP contribution in [0.25, 0.3) is 0 Å². The molecule has 1 amide bonds. The molecule has 0 aliphatic rings. The molecule has 0 aromatic rings. The highest BCUT2D eigenvalue weighted by molar-refractivity contribution is 5.80. The van der Waals surface area contributed by atoms with E-state index in [0.717, 1.165) is 38.5 Å². The third kappa shape index (κ3) is 46.4. The lowest BCUT2D eigenvalue weighted by Gasteiger charge is -2.21. The van der Waals surface area contributed by atoms with Gasteiger partial charge in [-0.15, -0.1) is 0 Å². The number of aliphatic hydroxyl groups excluding tert-OH is 3. The first kappa shape index (κ1) is 59.6. The topological polar surface area (TPSA) is 89.8 Å². The maximum Gasteiger partial charge on any atom is 0.249 e. The number of nitrogens with one attached hydrogen (secondary N) is 1. The van der Waals surface area contributed by atoms with Crippen molar-refractivity contribution >= 4 is 5.91 Å². The van der Waals surface area contributed by atoms with Crippen molar-refractivity contribution in [2.45, 2.75) is 308 Å². The Balaban J connectivity index is 3.57. The lowest BCUT2D eigenvalue weighted by molar-refractivity contribution is -0.131. The largest absolute Gasteiger partial charge is 0.394 e. The summed E-state index contributed by atoms with van der Waals surface area (Å²) in [6, 6.07) is -0.814. The standard InChI is InChI=1S/C56H107NO4/c1-3-5-7-9-11-13-15-17-19-21-22-23-24-25-26-27-28-29-30-31-32-33-35-37-39-41-43-45-47-49-51-55(60)56(61)57-53(52-58)54(59)50-48-46-44-42-40-38-36-34-20-18-16-14-12-10-8-6-4-2/h25-26,40,42,48,50,53-55,58-60H,3-24,27-39,41,43-47,49,51-52H2,1-2H3,(H,57,61)/b26-25-,42-40+,50-48+. The minimum atomic E-state index is -1.11. The number of carbonyl (C=O) groups is 1. The van der Waals surface area contributed by atoms with Gasteiger partial charge >= 0.3 is 0 Å². The lowest BCUT2D eigenvalue weighted by atomic mass is 10.0. The first-order valence-corrected chi connectivity index (χ1v) is 27.3. The normalized spacial score (nSPS) is 13.6. The summed E-state index contributed by atoms with van der Waals surface area (Å²) < 4.78 is 0. The fourth-order valence-electron chi connectivity index (χ4n) is 8.43. The van der Waals surface area contributed by atoms with E-state index in [1.807, 2.05) is 6.08 Å². The van der Waals surface area contributed by atoms with Crippen LogP contribution in [-0.4, -0.2) is 46.1 Å². The number of hydrogen-bond acceptors (Lipinski definition) is 4. The maximum absolute atomic E-state index is 12.5. The van der Waals surface area contributed by atoms with Gasteiger partial charge in [-0.1, -0.05) is 269 Å². The highest BCUT2D eigenvalue weighted by atomic mass is 16.3. The van der Waals surface area contributed by atoms with Gasteiger partial charge in [-0.25, -0.2) is 0 Å². The molecule has 0 rings (SSSR count). The monoisotopic (exact) mass is 858 g/mol. The van der Waals surface area contributed by atoms with E-state index in [1.165, 1.54) is 231 Å². The number of amides is 1. The van der Waals surface area contributed by atoms with Crippen molar-refractivity contribution in [1.82, 2.24) is 5.32 Å². The second-order valence-electron chi connectivity index (χ2n) is 18.8. The Hall–Kier alpha value is -1.43. The van der Waals surface area contributed by atoms with Crippen LogP contribution in [0.2, 0.25) is 0 Å². The van der Waals surface area contributed by atoms with Crippen molar-refractivity contribution in [3.63, 3.8) is 0 Å². The molecule has 0 saturated heterocycles. The minimum absolute atomic E-state index is 0.375. The van der Waals surface area contributed by atoms with E-state index in [1.54, 1.807) is 6.08 Å². The average molecular weight is 858 g/mol. The summed E-state index contributed by atoms with van der Waals surface area (Å²) in [5, 5.41) is 33.3. The molecule has 0 heterocycles. The second kappa shape index (κ2) is 51.2. The molecule has 0 saturated carbocycles. The predicted molar refractivity (Wildman–Crippen MR) is 268 cm³/mol. The first-order valence-electron chi connectivity index (χ1n) is 27.3. The summed E-state index contributed by atoms with van der Waals surface area (Å²) >= 11 is 0. The zero-order valence-electron chi connectivity index (χ0n) is 41.1. The van der Waals surface area contributed by atoms with Crippen LogP contribution in [0.1, 0.15) is 290 Å². The molecule has 4 N–H and O–H groups in total. The number of rotatable bonds is 50. The van der Waals surface area contributed by atoms with Crippen LogP contribution < -0.4 is 5.32 Å². The van der Waals surface area contributed by atoms with Crippen LogP contribution in [0, 0.1) is 0 Å². The Labute approximate surface area is 381 Å². The van der Waals surface area contributed by atoms with E-state index < -0.39 is 24.2 Å². The first-order chi connectivity index (χ1) is 30.1. The number of allylic oxidation sites excluding steroid dienone is 5. The molecule has 0 bridgehead atoms. The summed E-state index contributed by atoms with van der Waals surface area (Å²) in [5.74, 6) is -0.510. The third-order valence-corrected chi connectivity index (χ3v) is 12.7. The fourth-order valence-corrected chi connectivity index (χ4v) is 8.43. The Kier molecular flexibility index (Phi) is 50.0. The Morgan fingerprint density at radius 3 is 1.00 bits per heavy atom. The summed E-state index contributed by atoms with van der Waals surface area (Å²) in [6.45, 7) is 4.19. The SMILES string of the molecule is CCCCCCCCCCCCC/C=C/CC/C=C/C(O)C(CO)NC(=O)C(O)CCCCCCCCCCCCCCCC/C=C\CCCCCCCCCCCCCC. The van der Waals surface area contributed by atoms with Crippen molar-refractivity contribution in [3.8, 4) is 0 Å². The summed E-state index contributed by atoms with van der Waals surface area (Å²) in [6.07, 6.45) is 66.5. The van der Waals surface area contributed by atoms with Gasteiger partial charge in [-0.3, -0.25) is 4.79 Å². The highest BCUT2D eigenvalue weighted by Gasteiger charge is 2.22. The zero-order chi connectivity index (χ0) is 44.4. The summed E-state index contributed by atoms with van der Waals surface area (Å²) in [5.41, 5.74) is 0. The molecule has 0 aliphatic carbocycles. The van der Waals surface area contributed by atoms with Crippen molar-refractivity contribution in [2.75, 3.05) is 6.61 Å². The summed E-state index contributed by atoms with van der Waals surface area (Å²) in [7, 11) is 0. The lowest BCUT2D eigenvalue weighted by Crippen LogP contribution is -2.48. The van der Waals surface area contributed by atoms with Gasteiger partial charge in [-0.05, 0) is 57.8 Å². The van der Waals surface area contributed by atoms with Crippen LogP contribution in [0.4, 0.5) is 0 Å². The minimum Gasteiger partial charge on any atom is -0.394 e. The number of carbonyl (C=O) groups excluding carboxylic acids is 1. The van der Waals surface area contributed by atoms with Gasteiger partial charge in [0.15, 0.2) is 0 Å². The molecule has 0 aromatic heterocycles. The molecular weight excluding hydrogens is 751 g/mol. The second-order valence-corrected chi connectivity index (χ2v) is 18.8. The predicted octanol–water partition coefficient (Wildman–Crippen LogP) is 16.7. The van der Waals surface area contributed by atoms with Gasteiger partial charge in [0.05, 0.1) is 18.8 Å². The Morgan fingerprint density at radius 2 is 0.672 bits per heavy atom. The van der Waals surface area contributed by atoms with Gasteiger partial charge in [0, 0.05) is 0 Å². The van der Waals surface area contributed by atoms with Crippen LogP contribution in [0.5, 0.6) is 0 Å². The van der Waals surface area contributed by atoms with Gasteiger partial charge in [-0.2, -0.15) is 0 Å². The molecular formula is C56H107NO4. The van der Waals surface area contributed by atoms with E-state index in [0.29, 0.717) is 6.42 Å². The smallest absolute Gasteiger partial charge is 0.249 e. The number of unbranched alkanes of at least 4 members (excludes halogenated alkanes) is 38. The Morgan fingerprint density at radius 1 is 0.393 bits per heavy atom. The van der Waals surface area contributed by atoms with Gasteiger partial charge in [0.25, 0.3) is 0 Å². The molecule has 360 valence electrons. The van der Waals surface area contributed by atoms with Crippen molar-refractivity contribution in [2.24, 2.45) is 0 Å². The van der Waals surface area contributed by atoms with Gasteiger partial charge in [0.2, 0.25) is 5.91 Å². The molecule has 3 atom stereocenters. The molecule has 0 aliphatic heterocycles. The van der Waals surface area contributed by atoms with Crippen molar-refractivity contribution in [1.29, 1.82) is 0 Å². The molecule has 0 radical (unpaired) electrons. The molecule has 0 spiro atoms. The maximum atomic E-state index is 12.5. The van der Waals surface area contributed by atoms with E-state index in [-0.39, 0.29) is 6.61 Å². The van der Waals surface area contributed by atoms with Crippen LogP contribution in [0.15, 0.2) is 36.5 Å². The quantitative estimate of drug-likeness (QED) is 0.0362. The van der Waals surface area contributed by atoms with Crippen molar-refractivity contribution in [3.05, 3.63) is 36.5 Å². The average Bonchev–Trinajstić information content (AvgIpc) is 3.26. The molecule has 0 aromatic carbocycles. The number of hydrogen-bond donors (Lipinski definition) is 4. The third-order valence-electron chi connectivity index (χ3n) is 12.7. The molecule has 5 heteroatoms. The fraction of sp³-hybridized carbons (Fsp3) is 0.875. The Bertz CT molecular complexity index is 947. The van der Waals surface area contributed by atoms with Gasteiger partial charge in [0.1, 0.15) is 6.10 Å². The van der Waals surface area contributed by atoms with E-state index in [9.17, 15) is 20.1 Å². The van der Waals surface area contributed by atoms with Crippen LogP contribution in [0.3, 0.4) is 0 Å². The van der Waals surface area contributed by atoms with Gasteiger partial charge < -0.3 is 20.6 Å². The molecule has 61 heavy (non-hydrogen) atoms. The molecule has 0 fully saturated rings. The highest BCUT2D eigenvalue weighted by Crippen LogP contribution is 2.17.